The van der Waals surface area contributed by atoms with E-state index in [1.54, 1.807) is 12.1 Å². The third-order valence-electron chi connectivity index (χ3n) is 5.40. The molecule has 8 heteroatoms. The van der Waals surface area contributed by atoms with Crippen LogP contribution in [0.2, 0.25) is 0 Å². The quantitative estimate of drug-likeness (QED) is 0.215. The summed E-state index contributed by atoms with van der Waals surface area (Å²) in [4.78, 5) is 34.2. The molecule has 194 valence electrons. The van der Waals surface area contributed by atoms with E-state index in [9.17, 15) is 14.4 Å². The van der Waals surface area contributed by atoms with Crippen LogP contribution in [0.15, 0.2) is 35.7 Å². The monoisotopic (exact) mass is 504 g/mol. The highest BCUT2D eigenvalue weighted by molar-refractivity contribution is 7.17. The summed E-state index contributed by atoms with van der Waals surface area (Å²) < 4.78 is 10.6. The highest BCUT2D eigenvalue weighted by Crippen LogP contribution is 2.30. The van der Waals surface area contributed by atoms with Crippen molar-refractivity contribution in [3.63, 3.8) is 0 Å². The molecule has 1 heterocycles. The molecule has 3 rings (SSSR count). The lowest BCUT2D eigenvalue weighted by atomic mass is 9.91. The molecule has 35 heavy (non-hydrogen) atoms. The molecule has 3 N–H and O–H groups in total. The van der Waals surface area contributed by atoms with E-state index < -0.39 is 0 Å². The smallest absolute Gasteiger partial charge is 0.308 e. The van der Waals surface area contributed by atoms with Crippen molar-refractivity contribution in [1.29, 1.82) is 0 Å². The standard InChI is InChI=1S/C17H20N2O3S.C8H14O2.C2H6/c1-10(20)22-11-6-7-16-12(8-11)13(9-23-16)17(21)19-15-5-3-2-4-14(15)18;1-3-4-5-6-7-8(9)10-2;1-2/h6-9,14-15H,2-5,18H2,1H3,(H,19,21);3-4H,5-7H2,1-2H3;1-2H3/b;4-3-;. The maximum Gasteiger partial charge on any atom is 0.308 e. The van der Waals surface area contributed by atoms with E-state index >= 15 is 0 Å². The van der Waals surface area contributed by atoms with Crippen LogP contribution in [0, 0.1) is 0 Å². The number of carbonyl (C=O) groups is 3. The van der Waals surface area contributed by atoms with Gasteiger partial charge < -0.3 is 20.5 Å². The molecule has 1 amide bonds. The molecule has 7 nitrogen and oxygen atoms in total. The fraction of sp³-hybridized carbons (Fsp3) is 0.519. The molecule has 0 spiro atoms. The number of thiophene rings is 1. The van der Waals surface area contributed by atoms with E-state index in [0.717, 1.165) is 48.6 Å². The van der Waals surface area contributed by atoms with Gasteiger partial charge >= 0.3 is 11.9 Å². The minimum atomic E-state index is -0.376. The molecule has 0 aliphatic heterocycles. The van der Waals surface area contributed by atoms with Crippen molar-refractivity contribution in [1.82, 2.24) is 5.32 Å². The number of carbonyl (C=O) groups excluding carboxylic acids is 3. The number of amides is 1. The van der Waals surface area contributed by atoms with Crippen molar-refractivity contribution in [2.75, 3.05) is 7.11 Å². The summed E-state index contributed by atoms with van der Waals surface area (Å²) >= 11 is 1.50. The number of benzene rings is 1. The van der Waals surface area contributed by atoms with Gasteiger partial charge in [-0.25, -0.2) is 0 Å². The highest BCUT2D eigenvalue weighted by atomic mass is 32.1. The van der Waals surface area contributed by atoms with Gasteiger partial charge in [0.05, 0.1) is 12.7 Å². The average Bonchev–Trinajstić information content (AvgIpc) is 3.28. The van der Waals surface area contributed by atoms with Crippen molar-refractivity contribution >= 4 is 39.3 Å². The molecule has 1 aliphatic rings. The second kappa shape index (κ2) is 16.8. The number of rotatable bonds is 7. The van der Waals surface area contributed by atoms with Crippen molar-refractivity contribution in [2.45, 2.75) is 84.7 Å². The van der Waals surface area contributed by atoms with Crippen LogP contribution in [0.4, 0.5) is 0 Å². The minimum absolute atomic E-state index is 0.0224. The van der Waals surface area contributed by atoms with Crippen molar-refractivity contribution in [3.8, 4) is 5.75 Å². The SMILES string of the molecule is C/C=C\CCCC(=O)OC.CC.CC(=O)Oc1ccc2scc(C(=O)NC3CCCCC3N)c2c1. The van der Waals surface area contributed by atoms with Gasteiger partial charge in [0.15, 0.2) is 0 Å². The maximum atomic E-state index is 12.6. The zero-order chi connectivity index (χ0) is 26.2. The minimum Gasteiger partial charge on any atom is -0.469 e. The van der Waals surface area contributed by atoms with E-state index in [4.69, 9.17) is 10.5 Å². The van der Waals surface area contributed by atoms with Crippen LogP contribution < -0.4 is 15.8 Å². The fourth-order valence-electron chi connectivity index (χ4n) is 3.63. The molecular formula is C27H40N2O5S. The molecule has 1 fully saturated rings. The molecular weight excluding hydrogens is 464 g/mol. The first-order chi connectivity index (χ1) is 16.8. The second-order valence-electron chi connectivity index (χ2n) is 7.97. The van der Waals surface area contributed by atoms with E-state index in [1.165, 1.54) is 25.4 Å². The summed E-state index contributed by atoms with van der Waals surface area (Å²) in [6.45, 7) is 7.33. The van der Waals surface area contributed by atoms with Gasteiger partial charge in [0, 0.05) is 40.9 Å². The lowest BCUT2D eigenvalue weighted by molar-refractivity contribution is -0.140. The first kappa shape index (κ1) is 30.3. The molecule has 1 aromatic heterocycles. The predicted octanol–water partition coefficient (Wildman–Crippen LogP) is 5.76. The van der Waals surface area contributed by atoms with Crippen LogP contribution in [0.3, 0.4) is 0 Å². The molecule has 1 aromatic carbocycles. The first-order valence-electron chi connectivity index (χ1n) is 12.3. The molecule has 2 unspecified atom stereocenters. The topological polar surface area (TPSA) is 108 Å². The second-order valence-corrected chi connectivity index (χ2v) is 8.88. The summed E-state index contributed by atoms with van der Waals surface area (Å²) in [6.07, 6.45) is 10.5. The van der Waals surface area contributed by atoms with Crippen LogP contribution in [0.5, 0.6) is 5.75 Å². The number of unbranched alkanes of at least 4 members (excludes halogenated alkanes) is 1. The van der Waals surface area contributed by atoms with E-state index in [-0.39, 0.29) is 29.9 Å². The Morgan fingerprint density at radius 3 is 2.54 bits per heavy atom. The molecule has 0 bridgehead atoms. The Morgan fingerprint density at radius 1 is 1.20 bits per heavy atom. The number of nitrogens with two attached hydrogens (primary N) is 1. The first-order valence-corrected chi connectivity index (χ1v) is 13.2. The number of nitrogens with one attached hydrogen (secondary N) is 1. The Kier molecular flexibility index (Phi) is 14.6. The molecule has 0 radical (unpaired) electrons. The van der Waals surface area contributed by atoms with Gasteiger partial charge in [-0.2, -0.15) is 0 Å². The molecule has 2 atom stereocenters. The number of hydrogen-bond donors (Lipinski definition) is 2. The third-order valence-corrected chi connectivity index (χ3v) is 6.37. The van der Waals surface area contributed by atoms with Crippen LogP contribution in [0.25, 0.3) is 10.1 Å². The van der Waals surface area contributed by atoms with Gasteiger partial charge in [0.2, 0.25) is 0 Å². The number of ether oxygens (including phenoxy) is 2. The lowest BCUT2D eigenvalue weighted by Crippen LogP contribution is -2.49. The number of allylic oxidation sites excluding steroid dienone is 2. The van der Waals surface area contributed by atoms with E-state index in [1.807, 2.05) is 44.4 Å². The summed E-state index contributed by atoms with van der Waals surface area (Å²) in [7, 11) is 1.41. The zero-order valence-electron chi connectivity index (χ0n) is 21.6. The van der Waals surface area contributed by atoms with Gasteiger partial charge in [-0.15, -0.1) is 11.3 Å². The highest BCUT2D eigenvalue weighted by Gasteiger charge is 2.24. The molecule has 1 saturated carbocycles. The van der Waals surface area contributed by atoms with Crippen LogP contribution >= 0.6 is 11.3 Å². The Labute approximate surface area is 213 Å². The summed E-state index contributed by atoms with van der Waals surface area (Å²) in [5, 5.41) is 5.70. The predicted molar refractivity (Wildman–Crippen MR) is 143 cm³/mol. The Hall–Kier alpha value is -2.71. The molecule has 2 aromatic rings. The molecule has 1 aliphatic carbocycles. The number of methoxy groups -OCH3 is 1. The van der Waals surface area contributed by atoms with Crippen molar-refractivity contribution in [2.24, 2.45) is 5.73 Å². The summed E-state index contributed by atoms with van der Waals surface area (Å²) in [5.41, 5.74) is 6.71. The average molecular weight is 505 g/mol. The fourth-order valence-corrected chi connectivity index (χ4v) is 4.55. The van der Waals surface area contributed by atoms with Gasteiger partial charge in [0.25, 0.3) is 5.91 Å². The number of esters is 2. The van der Waals surface area contributed by atoms with Crippen molar-refractivity contribution in [3.05, 3.63) is 41.3 Å². The van der Waals surface area contributed by atoms with Crippen LogP contribution in [0.1, 0.15) is 83.0 Å². The molecule has 0 saturated heterocycles. The van der Waals surface area contributed by atoms with Gasteiger partial charge in [0.1, 0.15) is 5.75 Å². The maximum absolute atomic E-state index is 12.6. The van der Waals surface area contributed by atoms with Crippen molar-refractivity contribution < 1.29 is 23.9 Å². The van der Waals surface area contributed by atoms with Crippen LogP contribution in [-0.4, -0.2) is 37.0 Å². The van der Waals surface area contributed by atoms with Crippen LogP contribution in [-0.2, 0) is 14.3 Å². The van der Waals surface area contributed by atoms with E-state index in [2.05, 4.69) is 10.1 Å². The normalized spacial score (nSPS) is 17.0. The largest absolute Gasteiger partial charge is 0.469 e. The van der Waals surface area contributed by atoms with Gasteiger partial charge in [-0.05, 0) is 50.8 Å². The Bertz CT molecular complexity index is 970. The third kappa shape index (κ3) is 10.6. The Morgan fingerprint density at radius 2 is 1.91 bits per heavy atom. The Balaban J connectivity index is 0.000000433. The van der Waals surface area contributed by atoms with Gasteiger partial charge in [-0.3, -0.25) is 14.4 Å². The van der Waals surface area contributed by atoms with Gasteiger partial charge in [-0.1, -0.05) is 38.8 Å². The summed E-state index contributed by atoms with van der Waals surface area (Å²) in [5.74, 6) is -0.159. The number of hydrogen-bond acceptors (Lipinski definition) is 7. The number of fused-ring (bicyclic) bond motifs is 1. The summed E-state index contributed by atoms with van der Waals surface area (Å²) in [6, 6.07) is 5.39. The zero-order valence-corrected chi connectivity index (χ0v) is 22.4. The lowest BCUT2D eigenvalue weighted by Gasteiger charge is -2.29. The van der Waals surface area contributed by atoms with E-state index in [0.29, 0.717) is 17.7 Å².